The number of allylic oxidation sites excluding steroid dienone is 4. The van der Waals surface area contributed by atoms with Gasteiger partial charge in [-0.15, -0.1) is 0 Å². The largest absolute Gasteiger partial charge is 0.489 e. The van der Waals surface area contributed by atoms with E-state index in [0.717, 1.165) is 21.5 Å². The van der Waals surface area contributed by atoms with Gasteiger partial charge in [-0.3, -0.25) is 0 Å². The van der Waals surface area contributed by atoms with E-state index >= 15 is 0 Å². The molecule has 0 fully saturated rings. The van der Waals surface area contributed by atoms with E-state index in [4.69, 9.17) is 4.74 Å². The summed E-state index contributed by atoms with van der Waals surface area (Å²) >= 11 is 0. The van der Waals surface area contributed by atoms with Crippen LogP contribution < -0.4 is 5.69 Å². The molecular weight excluding hydrogens is 251 g/mol. The van der Waals surface area contributed by atoms with Crippen molar-refractivity contribution in [2.24, 2.45) is 7.05 Å². The van der Waals surface area contributed by atoms with Crippen molar-refractivity contribution in [3.8, 4) is 0 Å². The van der Waals surface area contributed by atoms with Crippen LogP contribution in [-0.4, -0.2) is 25.9 Å². The number of tetrazole rings is 1. The highest BCUT2D eigenvalue weighted by atomic mass is 19.1. The van der Waals surface area contributed by atoms with E-state index < -0.39 is 11.5 Å². The van der Waals surface area contributed by atoms with Crippen molar-refractivity contribution in [1.29, 1.82) is 0 Å². The molecule has 1 rings (SSSR count). The maximum absolute atomic E-state index is 13.3. The quantitative estimate of drug-likeness (QED) is 0.601. The van der Waals surface area contributed by atoms with E-state index in [0.29, 0.717) is 5.70 Å². The monoisotopic (exact) mass is 268 g/mol. The zero-order valence-electron chi connectivity index (χ0n) is 11.4. The Hall–Kier alpha value is -2.18. The Morgan fingerprint density at radius 1 is 1.47 bits per heavy atom. The number of hydrogen-bond acceptors (Lipinski definition) is 4. The van der Waals surface area contributed by atoms with Gasteiger partial charge in [-0.2, -0.15) is 9.36 Å². The SMILES string of the molecule is C=C/C(F)=C\C(OC(C)C)=C(/C)n1nnn(C)c1=O. The molecule has 0 radical (unpaired) electrons. The summed E-state index contributed by atoms with van der Waals surface area (Å²) in [4.78, 5) is 11.7. The van der Waals surface area contributed by atoms with E-state index in [-0.39, 0.29) is 11.9 Å². The van der Waals surface area contributed by atoms with Gasteiger partial charge >= 0.3 is 5.69 Å². The summed E-state index contributed by atoms with van der Waals surface area (Å²) in [6.07, 6.45) is 2.03. The summed E-state index contributed by atoms with van der Waals surface area (Å²) < 4.78 is 20.9. The number of ether oxygens (including phenoxy) is 1. The number of hydrogen-bond donors (Lipinski definition) is 0. The molecule has 0 aromatic carbocycles. The van der Waals surface area contributed by atoms with Crippen molar-refractivity contribution in [2.75, 3.05) is 0 Å². The zero-order valence-corrected chi connectivity index (χ0v) is 11.4. The molecule has 0 unspecified atom stereocenters. The molecule has 1 aromatic heterocycles. The number of aromatic nitrogens is 4. The zero-order chi connectivity index (χ0) is 14.6. The minimum atomic E-state index is -0.563. The van der Waals surface area contributed by atoms with Crippen LogP contribution in [0, 0.1) is 0 Å². The molecule has 0 bridgehead atoms. The minimum absolute atomic E-state index is 0.175. The van der Waals surface area contributed by atoms with Gasteiger partial charge in [-0.1, -0.05) is 6.58 Å². The molecule has 104 valence electrons. The van der Waals surface area contributed by atoms with E-state index in [9.17, 15) is 9.18 Å². The maximum Gasteiger partial charge on any atom is 0.368 e. The fourth-order valence-electron chi connectivity index (χ4n) is 1.29. The highest BCUT2D eigenvalue weighted by Crippen LogP contribution is 2.16. The molecule has 0 spiro atoms. The lowest BCUT2D eigenvalue weighted by Gasteiger charge is -2.13. The van der Waals surface area contributed by atoms with Crippen molar-refractivity contribution < 1.29 is 9.13 Å². The Morgan fingerprint density at radius 2 is 2.11 bits per heavy atom. The highest BCUT2D eigenvalue weighted by molar-refractivity contribution is 5.49. The van der Waals surface area contributed by atoms with Crippen LogP contribution in [0.3, 0.4) is 0 Å². The lowest BCUT2D eigenvalue weighted by molar-refractivity contribution is 0.157. The predicted molar refractivity (Wildman–Crippen MR) is 69.8 cm³/mol. The smallest absolute Gasteiger partial charge is 0.368 e. The van der Waals surface area contributed by atoms with Crippen molar-refractivity contribution >= 4 is 5.70 Å². The molecule has 6 nitrogen and oxygen atoms in total. The fourth-order valence-corrected chi connectivity index (χ4v) is 1.29. The van der Waals surface area contributed by atoms with Crippen LogP contribution in [0.15, 0.2) is 35.1 Å². The molecule has 0 saturated carbocycles. The van der Waals surface area contributed by atoms with Crippen molar-refractivity contribution in [3.05, 3.63) is 40.8 Å². The summed E-state index contributed by atoms with van der Waals surface area (Å²) in [6, 6.07) is 0. The lowest BCUT2D eigenvalue weighted by atomic mass is 10.3. The van der Waals surface area contributed by atoms with Crippen molar-refractivity contribution in [1.82, 2.24) is 19.8 Å². The van der Waals surface area contributed by atoms with Crippen molar-refractivity contribution in [2.45, 2.75) is 26.9 Å². The van der Waals surface area contributed by atoms with Crippen LogP contribution in [0.4, 0.5) is 4.39 Å². The summed E-state index contributed by atoms with van der Waals surface area (Å²) in [7, 11) is 1.47. The second kappa shape index (κ2) is 6.12. The topological polar surface area (TPSA) is 61.9 Å². The Bertz CT molecular complexity index is 581. The first-order valence-electron chi connectivity index (χ1n) is 5.73. The van der Waals surface area contributed by atoms with Crippen LogP contribution >= 0.6 is 0 Å². The van der Waals surface area contributed by atoms with E-state index in [1.165, 1.54) is 7.05 Å². The maximum atomic E-state index is 13.3. The molecule has 0 aliphatic rings. The normalized spacial score (nSPS) is 13.5. The number of aryl methyl sites for hydroxylation is 1. The van der Waals surface area contributed by atoms with Gasteiger partial charge in [0.25, 0.3) is 0 Å². The first-order valence-corrected chi connectivity index (χ1v) is 5.73. The molecule has 7 heteroatoms. The fraction of sp³-hybridized carbons (Fsp3) is 0.417. The van der Waals surface area contributed by atoms with Crippen LogP contribution in [0.2, 0.25) is 0 Å². The second-order valence-corrected chi connectivity index (χ2v) is 4.15. The standard InChI is InChI=1S/C12H17FN4O2/c1-6-10(13)7-11(19-8(2)3)9(4)17-12(18)16(5)14-15-17/h6-8H,1H2,2-5H3/b10-7+,11-9-. The molecule has 0 amide bonds. The molecule has 0 atom stereocenters. The van der Waals surface area contributed by atoms with Crippen molar-refractivity contribution in [3.63, 3.8) is 0 Å². The Balaban J connectivity index is 3.35. The third kappa shape index (κ3) is 3.64. The third-order valence-electron chi connectivity index (χ3n) is 2.22. The Kier molecular flexibility index (Phi) is 4.80. The van der Waals surface area contributed by atoms with Gasteiger partial charge < -0.3 is 4.74 Å². The van der Waals surface area contributed by atoms with Gasteiger partial charge in [0, 0.05) is 13.1 Å². The van der Waals surface area contributed by atoms with Crippen LogP contribution in [0.1, 0.15) is 20.8 Å². The third-order valence-corrected chi connectivity index (χ3v) is 2.22. The number of rotatable bonds is 5. The molecule has 0 saturated heterocycles. The number of nitrogens with zero attached hydrogens (tertiary/aromatic N) is 4. The van der Waals surface area contributed by atoms with Gasteiger partial charge in [-0.25, -0.2) is 9.18 Å². The highest BCUT2D eigenvalue weighted by Gasteiger charge is 2.12. The van der Waals surface area contributed by atoms with Gasteiger partial charge in [0.1, 0.15) is 11.6 Å². The predicted octanol–water partition coefficient (Wildman–Crippen LogP) is 1.63. The van der Waals surface area contributed by atoms with Gasteiger partial charge in [0.2, 0.25) is 0 Å². The molecule has 0 aliphatic carbocycles. The van der Waals surface area contributed by atoms with Crippen LogP contribution in [0.5, 0.6) is 0 Å². The molecular formula is C12H17FN4O2. The molecule has 1 heterocycles. The molecule has 19 heavy (non-hydrogen) atoms. The Labute approximate surface area is 110 Å². The van der Waals surface area contributed by atoms with Gasteiger partial charge in [0.05, 0.1) is 11.8 Å². The van der Waals surface area contributed by atoms with Crippen LogP contribution in [0.25, 0.3) is 5.70 Å². The Morgan fingerprint density at radius 3 is 2.53 bits per heavy atom. The van der Waals surface area contributed by atoms with E-state index in [2.05, 4.69) is 17.0 Å². The summed E-state index contributed by atoms with van der Waals surface area (Å²) in [5, 5.41) is 7.27. The molecule has 0 N–H and O–H groups in total. The molecule has 1 aromatic rings. The van der Waals surface area contributed by atoms with E-state index in [1.807, 2.05) is 0 Å². The minimum Gasteiger partial charge on any atom is -0.489 e. The van der Waals surface area contributed by atoms with Crippen LogP contribution in [-0.2, 0) is 11.8 Å². The summed E-state index contributed by atoms with van der Waals surface area (Å²) in [6.45, 7) is 8.52. The summed E-state index contributed by atoms with van der Waals surface area (Å²) in [5.41, 5.74) is -0.0847. The average molecular weight is 268 g/mol. The summed E-state index contributed by atoms with van der Waals surface area (Å²) in [5.74, 6) is -0.359. The number of halogens is 1. The second-order valence-electron chi connectivity index (χ2n) is 4.15. The van der Waals surface area contributed by atoms with E-state index in [1.54, 1.807) is 20.8 Å². The first-order chi connectivity index (χ1) is 8.86. The molecule has 0 aliphatic heterocycles. The van der Waals surface area contributed by atoms with Gasteiger partial charge in [0.15, 0.2) is 0 Å². The van der Waals surface area contributed by atoms with Gasteiger partial charge in [-0.05, 0) is 37.3 Å². The lowest BCUT2D eigenvalue weighted by Crippen LogP contribution is -2.23. The first kappa shape index (κ1) is 14.9. The average Bonchev–Trinajstić information content (AvgIpc) is 2.67.